The highest BCUT2D eigenvalue weighted by atomic mass is 16.5. The first kappa shape index (κ1) is 16.8. The van der Waals surface area contributed by atoms with Crippen molar-refractivity contribution < 1.29 is 9.53 Å². The number of hydrogen-bond donors (Lipinski definition) is 1. The predicted octanol–water partition coefficient (Wildman–Crippen LogP) is 1.48. The third-order valence-electron chi connectivity index (χ3n) is 6.62. The molecule has 136 valence electrons. The standard InChI is InChI=1S/C19H33N3O2/c23-19(13-16-11-17-1-2-18(12-16)20-17)22-5-3-15(4-6-22)14-21-7-9-24-10-8-21/h15-18,20H,1-14H2. The lowest BCUT2D eigenvalue weighted by atomic mass is 9.88. The van der Waals surface area contributed by atoms with Crippen molar-refractivity contribution in [1.82, 2.24) is 15.1 Å². The Kier molecular flexibility index (Phi) is 5.40. The van der Waals surface area contributed by atoms with E-state index < -0.39 is 0 Å². The Morgan fingerprint density at radius 3 is 2.25 bits per heavy atom. The van der Waals surface area contributed by atoms with Gasteiger partial charge in [-0.2, -0.15) is 0 Å². The van der Waals surface area contributed by atoms with Gasteiger partial charge in [-0.3, -0.25) is 9.69 Å². The monoisotopic (exact) mass is 335 g/mol. The zero-order valence-electron chi connectivity index (χ0n) is 14.9. The second-order valence-electron chi connectivity index (χ2n) is 8.42. The number of nitrogens with zero attached hydrogens (tertiary/aromatic N) is 2. The molecule has 0 aliphatic carbocycles. The van der Waals surface area contributed by atoms with Gasteiger partial charge in [0.05, 0.1) is 13.2 Å². The molecule has 0 saturated carbocycles. The van der Waals surface area contributed by atoms with E-state index in [0.717, 1.165) is 51.7 Å². The third-order valence-corrected chi connectivity index (χ3v) is 6.62. The lowest BCUT2D eigenvalue weighted by Gasteiger charge is -2.37. The molecular formula is C19H33N3O2. The van der Waals surface area contributed by atoms with Crippen LogP contribution in [0.4, 0.5) is 0 Å². The molecule has 2 atom stereocenters. The van der Waals surface area contributed by atoms with Crippen LogP contribution in [0, 0.1) is 11.8 Å². The average molecular weight is 335 g/mol. The van der Waals surface area contributed by atoms with Crippen molar-refractivity contribution in [2.24, 2.45) is 11.8 Å². The summed E-state index contributed by atoms with van der Waals surface area (Å²) in [7, 11) is 0. The fraction of sp³-hybridized carbons (Fsp3) is 0.947. The van der Waals surface area contributed by atoms with Gasteiger partial charge in [0, 0.05) is 51.2 Å². The first-order chi connectivity index (χ1) is 11.8. The molecule has 4 fully saturated rings. The van der Waals surface area contributed by atoms with Gasteiger partial charge in [0.1, 0.15) is 0 Å². The van der Waals surface area contributed by atoms with Crippen molar-refractivity contribution in [3.05, 3.63) is 0 Å². The minimum atomic E-state index is 0.422. The van der Waals surface area contributed by atoms with Crippen molar-refractivity contribution in [3.63, 3.8) is 0 Å². The number of ether oxygens (including phenoxy) is 1. The van der Waals surface area contributed by atoms with E-state index in [9.17, 15) is 4.79 Å². The fourth-order valence-corrected chi connectivity index (χ4v) is 5.23. The molecular weight excluding hydrogens is 302 g/mol. The summed E-state index contributed by atoms with van der Waals surface area (Å²) in [5, 5.41) is 3.68. The molecule has 4 heterocycles. The highest BCUT2D eigenvalue weighted by Gasteiger charge is 2.35. The van der Waals surface area contributed by atoms with Gasteiger partial charge in [-0.05, 0) is 50.4 Å². The van der Waals surface area contributed by atoms with Crippen LogP contribution in [0.5, 0.6) is 0 Å². The molecule has 0 aromatic heterocycles. The minimum absolute atomic E-state index is 0.422. The van der Waals surface area contributed by atoms with Gasteiger partial charge in [0.25, 0.3) is 0 Å². The molecule has 4 saturated heterocycles. The van der Waals surface area contributed by atoms with E-state index in [2.05, 4.69) is 15.1 Å². The largest absolute Gasteiger partial charge is 0.379 e. The molecule has 1 N–H and O–H groups in total. The minimum Gasteiger partial charge on any atom is -0.379 e. The number of likely N-dealkylation sites (tertiary alicyclic amines) is 1. The van der Waals surface area contributed by atoms with Crippen molar-refractivity contribution in [2.45, 2.75) is 57.0 Å². The van der Waals surface area contributed by atoms with Gasteiger partial charge in [0.15, 0.2) is 0 Å². The number of nitrogens with one attached hydrogen (secondary N) is 1. The normalized spacial score (nSPS) is 35.3. The van der Waals surface area contributed by atoms with E-state index in [4.69, 9.17) is 4.74 Å². The van der Waals surface area contributed by atoms with Crippen LogP contribution in [0.25, 0.3) is 0 Å². The summed E-state index contributed by atoms with van der Waals surface area (Å²) in [6.07, 6.45) is 8.24. The van der Waals surface area contributed by atoms with Gasteiger partial charge in [0.2, 0.25) is 5.91 Å². The molecule has 4 aliphatic rings. The molecule has 0 radical (unpaired) electrons. The summed E-state index contributed by atoms with van der Waals surface area (Å²) in [6.45, 7) is 7.08. The van der Waals surface area contributed by atoms with Gasteiger partial charge >= 0.3 is 0 Å². The molecule has 4 rings (SSSR count). The predicted molar refractivity (Wildman–Crippen MR) is 93.8 cm³/mol. The molecule has 4 aliphatic heterocycles. The fourth-order valence-electron chi connectivity index (χ4n) is 5.23. The number of piperidine rings is 2. The Hall–Kier alpha value is -0.650. The van der Waals surface area contributed by atoms with Gasteiger partial charge < -0.3 is 15.0 Å². The first-order valence-corrected chi connectivity index (χ1v) is 10.1. The van der Waals surface area contributed by atoms with Crippen LogP contribution in [0.1, 0.15) is 44.9 Å². The number of carbonyl (C=O) groups excluding carboxylic acids is 1. The van der Waals surface area contributed by atoms with E-state index in [1.807, 2.05) is 0 Å². The molecule has 0 spiro atoms. The third kappa shape index (κ3) is 4.12. The molecule has 5 heteroatoms. The summed E-state index contributed by atoms with van der Waals surface area (Å²) in [5.74, 6) is 1.82. The molecule has 0 aromatic rings. The molecule has 5 nitrogen and oxygen atoms in total. The SMILES string of the molecule is O=C(CC1CC2CCC(C1)N2)N1CCC(CN2CCOCC2)CC1. The number of fused-ring (bicyclic) bond motifs is 2. The van der Waals surface area contributed by atoms with Crippen molar-refractivity contribution >= 4 is 5.91 Å². The number of carbonyl (C=O) groups is 1. The Labute approximate surface area is 146 Å². The Morgan fingerprint density at radius 1 is 0.917 bits per heavy atom. The van der Waals surface area contributed by atoms with Crippen molar-refractivity contribution in [1.29, 1.82) is 0 Å². The number of morpholine rings is 1. The van der Waals surface area contributed by atoms with E-state index >= 15 is 0 Å². The quantitative estimate of drug-likeness (QED) is 0.845. The Balaban J connectivity index is 1.18. The highest BCUT2D eigenvalue weighted by molar-refractivity contribution is 5.76. The lowest BCUT2D eigenvalue weighted by Crippen LogP contribution is -2.45. The summed E-state index contributed by atoms with van der Waals surface area (Å²) in [6, 6.07) is 1.39. The second-order valence-corrected chi connectivity index (χ2v) is 8.42. The maximum absolute atomic E-state index is 12.7. The van der Waals surface area contributed by atoms with E-state index in [1.54, 1.807) is 0 Å². The highest BCUT2D eigenvalue weighted by Crippen LogP contribution is 2.33. The average Bonchev–Trinajstić information content (AvgIpc) is 2.95. The first-order valence-electron chi connectivity index (χ1n) is 10.1. The zero-order valence-corrected chi connectivity index (χ0v) is 14.9. The summed E-state index contributed by atoms with van der Waals surface area (Å²) >= 11 is 0. The maximum atomic E-state index is 12.7. The van der Waals surface area contributed by atoms with Crippen LogP contribution < -0.4 is 5.32 Å². The lowest BCUT2D eigenvalue weighted by molar-refractivity contribution is -0.134. The Morgan fingerprint density at radius 2 is 1.58 bits per heavy atom. The van der Waals surface area contributed by atoms with Crippen LogP contribution in [0.2, 0.25) is 0 Å². The second kappa shape index (κ2) is 7.71. The van der Waals surface area contributed by atoms with Crippen LogP contribution in [-0.2, 0) is 9.53 Å². The number of hydrogen-bond acceptors (Lipinski definition) is 4. The molecule has 24 heavy (non-hydrogen) atoms. The van der Waals surface area contributed by atoms with Gasteiger partial charge in [-0.25, -0.2) is 0 Å². The number of amides is 1. The molecule has 0 aromatic carbocycles. The summed E-state index contributed by atoms with van der Waals surface area (Å²) in [4.78, 5) is 17.4. The van der Waals surface area contributed by atoms with Crippen LogP contribution in [0.15, 0.2) is 0 Å². The maximum Gasteiger partial charge on any atom is 0.222 e. The summed E-state index contributed by atoms with van der Waals surface area (Å²) in [5.41, 5.74) is 0. The Bertz CT molecular complexity index is 418. The summed E-state index contributed by atoms with van der Waals surface area (Å²) < 4.78 is 5.43. The van der Waals surface area contributed by atoms with E-state index in [0.29, 0.717) is 23.9 Å². The van der Waals surface area contributed by atoms with Crippen LogP contribution in [-0.4, -0.2) is 73.7 Å². The number of rotatable bonds is 4. The van der Waals surface area contributed by atoms with Gasteiger partial charge in [-0.1, -0.05) is 0 Å². The van der Waals surface area contributed by atoms with Gasteiger partial charge in [-0.15, -0.1) is 0 Å². The zero-order chi connectivity index (χ0) is 16.4. The van der Waals surface area contributed by atoms with Crippen LogP contribution >= 0.6 is 0 Å². The topological polar surface area (TPSA) is 44.8 Å². The van der Waals surface area contributed by atoms with Crippen molar-refractivity contribution in [2.75, 3.05) is 45.9 Å². The van der Waals surface area contributed by atoms with Crippen molar-refractivity contribution in [3.8, 4) is 0 Å². The molecule has 1 amide bonds. The van der Waals surface area contributed by atoms with Crippen LogP contribution in [0.3, 0.4) is 0 Å². The smallest absolute Gasteiger partial charge is 0.222 e. The molecule has 2 unspecified atom stereocenters. The van der Waals surface area contributed by atoms with E-state index in [-0.39, 0.29) is 0 Å². The molecule has 2 bridgehead atoms. The van der Waals surface area contributed by atoms with E-state index in [1.165, 1.54) is 45.1 Å².